The number of urea groups is 1. The first kappa shape index (κ1) is 15.6. The predicted octanol–water partition coefficient (Wildman–Crippen LogP) is 0.987. The summed E-state index contributed by atoms with van der Waals surface area (Å²) in [6.07, 6.45) is 1.84. The van der Waals surface area contributed by atoms with Crippen LogP contribution >= 0.6 is 27.7 Å². The second kappa shape index (κ2) is 6.80. The lowest BCUT2D eigenvalue weighted by Gasteiger charge is -2.17. The van der Waals surface area contributed by atoms with Crippen molar-refractivity contribution in [3.63, 3.8) is 0 Å². The molecule has 0 aliphatic carbocycles. The molecule has 2 heterocycles. The maximum Gasteiger partial charge on any atom is 0.315 e. The number of Topliss-reactive ketones (excluding diaryl/α,β-unsaturated/α-hetero) is 1. The number of carbonyl (C=O) groups excluding carboxylic acids is 2. The van der Waals surface area contributed by atoms with E-state index in [4.69, 9.17) is 5.11 Å². The van der Waals surface area contributed by atoms with Crippen molar-refractivity contribution in [2.45, 2.75) is 36.6 Å². The van der Waals surface area contributed by atoms with Gasteiger partial charge in [-0.15, -0.1) is 0 Å². The SMILES string of the molecule is O=C1N[C@H]2[C@H](CS[C@H]2CCCC(C(=O)O)C(=O)CBr)N1. The molecule has 2 saturated heterocycles. The normalized spacial score (nSPS) is 29.4. The highest BCUT2D eigenvalue weighted by molar-refractivity contribution is 9.09. The lowest BCUT2D eigenvalue weighted by atomic mass is 9.96. The van der Waals surface area contributed by atoms with Gasteiger partial charge in [0.25, 0.3) is 0 Å². The van der Waals surface area contributed by atoms with E-state index < -0.39 is 11.9 Å². The lowest BCUT2D eigenvalue weighted by Crippen LogP contribution is -2.37. The van der Waals surface area contributed by atoms with E-state index in [1.165, 1.54) is 0 Å². The average molecular weight is 365 g/mol. The summed E-state index contributed by atoms with van der Waals surface area (Å²) in [6.45, 7) is 0. The fraction of sp³-hybridized carbons (Fsp3) is 0.750. The summed E-state index contributed by atoms with van der Waals surface area (Å²) in [5.41, 5.74) is 0. The van der Waals surface area contributed by atoms with E-state index in [0.29, 0.717) is 18.1 Å². The Morgan fingerprint density at radius 3 is 2.85 bits per heavy atom. The number of hydrogen-bond acceptors (Lipinski definition) is 4. The second-order valence-corrected chi connectivity index (χ2v) is 6.88. The summed E-state index contributed by atoms with van der Waals surface area (Å²) in [6, 6.07) is 0.183. The molecule has 0 aromatic heterocycles. The van der Waals surface area contributed by atoms with E-state index in [2.05, 4.69) is 26.6 Å². The quantitative estimate of drug-likeness (QED) is 0.355. The van der Waals surface area contributed by atoms with Crippen molar-refractivity contribution in [3.05, 3.63) is 0 Å². The van der Waals surface area contributed by atoms with Crippen LogP contribution in [0, 0.1) is 5.92 Å². The number of nitrogens with one attached hydrogen (secondary N) is 2. The van der Waals surface area contributed by atoms with E-state index in [0.717, 1.165) is 12.2 Å². The highest BCUT2D eigenvalue weighted by atomic mass is 79.9. The Balaban J connectivity index is 1.79. The van der Waals surface area contributed by atoms with Gasteiger partial charge in [-0.25, -0.2) is 4.79 Å². The number of ketones is 1. The summed E-state index contributed by atoms with van der Waals surface area (Å²) >= 11 is 4.80. The van der Waals surface area contributed by atoms with Crippen molar-refractivity contribution >= 4 is 45.5 Å². The monoisotopic (exact) mass is 364 g/mol. The highest BCUT2D eigenvalue weighted by Gasteiger charge is 2.42. The minimum Gasteiger partial charge on any atom is -0.481 e. The standard InChI is InChI=1S/C12H17BrN2O4S/c13-4-8(16)6(11(17)18)2-1-3-9-10-7(5-20-9)14-12(19)15-10/h6-7,9-10H,1-5H2,(H,17,18)(H2,14,15,19)/t6?,7-,9-,10-/m0/s1. The van der Waals surface area contributed by atoms with Crippen LogP contribution in [-0.4, -0.2) is 51.3 Å². The van der Waals surface area contributed by atoms with E-state index in [9.17, 15) is 14.4 Å². The molecule has 6 nitrogen and oxygen atoms in total. The molecule has 3 N–H and O–H groups in total. The number of halogens is 1. The van der Waals surface area contributed by atoms with Gasteiger partial charge in [-0.2, -0.15) is 11.8 Å². The smallest absolute Gasteiger partial charge is 0.315 e. The molecule has 0 aromatic rings. The molecular weight excluding hydrogens is 348 g/mol. The molecule has 2 aliphatic heterocycles. The Morgan fingerprint density at radius 2 is 2.20 bits per heavy atom. The molecule has 0 radical (unpaired) electrons. The minimum atomic E-state index is -1.05. The fourth-order valence-corrected chi connectivity index (χ4v) is 4.62. The zero-order valence-electron chi connectivity index (χ0n) is 10.8. The highest BCUT2D eigenvalue weighted by Crippen LogP contribution is 2.33. The van der Waals surface area contributed by atoms with Crippen LogP contribution in [0.1, 0.15) is 19.3 Å². The zero-order chi connectivity index (χ0) is 14.7. The largest absolute Gasteiger partial charge is 0.481 e. The van der Waals surface area contributed by atoms with Crippen LogP contribution in [0.2, 0.25) is 0 Å². The molecule has 2 rings (SSSR count). The summed E-state index contributed by atoms with van der Waals surface area (Å²) in [5, 5.41) is 15.2. The number of alkyl halides is 1. The number of fused-ring (bicyclic) bond motifs is 1. The number of thioether (sulfide) groups is 1. The van der Waals surface area contributed by atoms with Gasteiger partial charge in [0.2, 0.25) is 0 Å². The molecular formula is C12H17BrN2O4S. The lowest BCUT2D eigenvalue weighted by molar-refractivity contribution is -0.145. The van der Waals surface area contributed by atoms with E-state index in [1.54, 1.807) is 11.8 Å². The first-order chi connectivity index (χ1) is 9.52. The van der Waals surface area contributed by atoms with E-state index >= 15 is 0 Å². The number of carboxylic acids is 1. The number of rotatable bonds is 7. The second-order valence-electron chi connectivity index (χ2n) is 5.04. The molecule has 0 spiro atoms. The summed E-state index contributed by atoms with van der Waals surface area (Å²) < 4.78 is 0. The first-order valence-corrected chi connectivity index (χ1v) is 8.70. The predicted molar refractivity (Wildman–Crippen MR) is 79.3 cm³/mol. The van der Waals surface area contributed by atoms with Gasteiger partial charge in [0.15, 0.2) is 5.78 Å². The number of hydrogen-bond donors (Lipinski definition) is 3. The summed E-state index contributed by atoms with van der Waals surface area (Å²) in [7, 11) is 0. The van der Waals surface area contributed by atoms with Gasteiger partial charge < -0.3 is 15.7 Å². The molecule has 2 aliphatic rings. The molecule has 0 saturated carbocycles. The molecule has 1 unspecified atom stereocenters. The van der Waals surface area contributed by atoms with Gasteiger partial charge in [-0.05, 0) is 12.8 Å². The van der Waals surface area contributed by atoms with Crippen LogP contribution in [0.5, 0.6) is 0 Å². The number of carbonyl (C=O) groups is 3. The molecule has 0 bridgehead atoms. The van der Waals surface area contributed by atoms with Gasteiger partial charge in [-0.1, -0.05) is 22.4 Å². The van der Waals surface area contributed by atoms with Gasteiger partial charge in [0, 0.05) is 11.0 Å². The van der Waals surface area contributed by atoms with Crippen molar-refractivity contribution in [1.82, 2.24) is 10.6 Å². The molecule has 4 atom stereocenters. The Bertz CT molecular complexity index is 420. The third kappa shape index (κ3) is 3.46. The summed E-state index contributed by atoms with van der Waals surface area (Å²) in [4.78, 5) is 33.8. The first-order valence-electron chi connectivity index (χ1n) is 6.53. The molecule has 20 heavy (non-hydrogen) atoms. The fourth-order valence-electron chi connectivity index (χ4n) is 2.68. The van der Waals surface area contributed by atoms with Crippen molar-refractivity contribution in [1.29, 1.82) is 0 Å². The van der Waals surface area contributed by atoms with Gasteiger partial charge >= 0.3 is 12.0 Å². The van der Waals surface area contributed by atoms with Crippen LogP contribution < -0.4 is 10.6 Å². The zero-order valence-corrected chi connectivity index (χ0v) is 13.2. The van der Waals surface area contributed by atoms with Crippen molar-refractivity contribution in [3.8, 4) is 0 Å². The number of carboxylic acid groups (broad SMARTS) is 1. The Kier molecular flexibility index (Phi) is 5.31. The third-order valence-corrected chi connectivity index (χ3v) is 5.80. The van der Waals surface area contributed by atoms with Crippen LogP contribution in [-0.2, 0) is 9.59 Å². The third-order valence-electron chi connectivity index (χ3n) is 3.74. The van der Waals surface area contributed by atoms with Gasteiger partial charge in [-0.3, -0.25) is 9.59 Å². The Labute approximate surface area is 129 Å². The van der Waals surface area contributed by atoms with Gasteiger partial charge in [0.05, 0.1) is 17.4 Å². The van der Waals surface area contributed by atoms with Crippen LogP contribution in [0.3, 0.4) is 0 Å². The van der Waals surface area contributed by atoms with Crippen LogP contribution in [0.15, 0.2) is 0 Å². The van der Waals surface area contributed by atoms with E-state index in [-0.39, 0.29) is 29.2 Å². The van der Waals surface area contributed by atoms with Crippen molar-refractivity contribution in [2.24, 2.45) is 5.92 Å². The molecule has 8 heteroatoms. The Morgan fingerprint density at radius 1 is 1.45 bits per heavy atom. The molecule has 2 fully saturated rings. The maximum absolute atomic E-state index is 11.5. The molecule has 2 amide bonds. The van der Waals surface area contributed by atoms with Crippen molar-refractivity contribution < 1.29 is 19.5 Å². The number of amides is 2. The number of aliphatic carboxylic acids is 1. The minimum absolute atomic E-state index is 0.0762. The van der Waals surface area contributed by atoms with Gasteiger partial charge in [0.1, 0.15) is 5.92 Å². The van der Waals surface area contributed by atoms with Crippen molar-refractivity contribution in [2.75, 3.05) is 11.1 Å². The Hall–Kier alpha value is -0.760. The molecule has 112 valence electrons. The molecule has 0 aromatic carbocycles. The average Bonchev–Trinajstić information content (AvgIpc) is 2.93. The van der Waals surface area contributed by atoms with E-state index in [1.807, 2.05) is 0 Å². The maximum atomic E-state index is 11.5. The van der Waals surface area contributed by atoms with Crippen LogP contribution in [0.25, 0.3) is 0 Å². The van der Waals surface area contributed by atoms with Crippen LogP contribution in [0.4, 0.5) is 4.79 Å². The summed E-state index contributed by atoms with van der Waals surface area (Å²) in [5.74, 6) is -1.38. The topological polar surface area (TPSA) is 95.5 Å².